The molecule has 0 saturated heterocycles. The minimum absolute atomic E-state index is 0. The SMILES string of the molecule is C[SiH](O[Si](C)(C)C)O[Si](C)(C)C.[CH+]=C[Si](C)(C)O[Si](C)(C)O[Si](C)(C)C=C.[SiH4]. The van der Waals surface area contributed by atoms with Crippen molar-refractivity contribution in [3.63, 3.8) is 0 Å². The summed E-state index contributed by atoms with van der Waals surface area (Å²) < 4.78 is 24.0. The van der Waals surface area contributed by atoms with Gasteiger partial charge in [0.2, 0.25) is 0 Å². The van der Waals surface area contributed by atoms with Gasteiger partial charge in [0.25, 0.3) is 17.6 Å². The monoisotopic (exact) mass is 513 g/mol. The zero-order valence-electron chi connectivity index (χ0n) is 20.1. The fourth-order valence-electron chi connectivity index (χ4n) is 2.38. The molecular formula is C17H49O4Si7+. The van der Waals surface area contributed by atoms with Crippen molar-refractivity contribution in [2.45, 2.75) is 85.1 Å². The zero-order chi connectivity index (χ0) is 22.3. The first-order valence-electron chi connectivity index (χ1n) is 9.59. The van der Waals surface area contributed by atoms with Crippen molar-refractivity contribution in [1.29, 1.82) is 0 Å². The summed E-state index contributed by atoms with van der Waals surface area (Å²) in [6.07, 6.45) is 0. The van der Waals surface area contributed by atoms with E-state index < -0.39 is 51.1 Å². The summed E-state index contributed by atoms with van der Waals surface area (Å²) in [5, 5.41) is 0. The first kappa shape index (κ1) is 33.4. The smallest absolute Gasteiger partial charge is 0.311 e. The Balaban J connectivity index is -0.000000441. The predicted octanol–water partition coefficient (Wildman–Crippen LogP) is 4.47. The molecule has 0 aliphatic rings. The standard InChI is InChI=1S/C10H23O2Si3.C7H22O2Si3.H4Si/c1-9-13(3,4)11-15(7,8)12-14(5,6)10-2;1-10(8-11(2,3)4)9-12(5,6)7;/h1,9-10H,2H2,3-8H3;10H,1-7H3;1H4/q+1;;. The molecule has 11 heteroatoms. The van der Waals surface area contributed by atoms with E-state index in [0.29, 0.717) is 0 Å². The van der Waals surface area contributed by atoms with E-state index in [-0.39, 0.29) is 11.0 Å². The third kappa shape index (κ3) is 21.5. The molecule has 0 fully saturated rings. The second-order valence-corrected chi connectivity index (χ2v) is 33.3. The maximum Gasteiger partial charge on any atom is 0.311 e. The van der Waals surface area contributed by atoms with E-state index in [1.807, 2.05) is 5.70 Å². The van der Waals surface area contributed by atoms with Gasteiger partial charge in [0, 0.05) is 0 Å². The van der Waals surface area contributed by atoms with Gasteiger partial charge in [-0.3, -0.25) is 0 Å². The fraction of sp³-hybridized carbons (Fsp3) is 0.765. The fourth-order valence-corrected chi connectivity index (χ4v) is 22.3. The van der Waals surface area contributed by atoms with Gasteiger partial charge < -0.3 is 16.5 Å². The van der Waals surface area contributed by atoms with E-state index in [0.717, 1.165) is 0 Å². The molecule has 0 aromatic carbocycles. The van der Waals surface area contributed by atoms with Gasteiger partial charge in [0.1, 0.15) is 0 Å². The van der Waals surface area contributed by atoms with Crippen LogP contribution < -0.4 is 0 Å². The second-order valence-electron chi connectivity index (χ2n) is 10.2. The average Bonchev–Trinajstić information content (AvgIpc) is 2.32. The van der Waals surface area contributed by atoms with Gasteiger partial charge in [-0.1, -0.05) is 5.70 Å². The zero-order valence-corrected chi connectivity index (χ0v) is 26.3. The van der Waals surface area contributed by atoms with Crippen LogP contribution in [0, 0.1) is 6.58 Å². The maximum absolute atomic E-state index is 6.11. The molecule has 0 aromatic rings. The molecule has 0 bridgehead atoms. The van der Waals surface area contributed by atoms with Crippen LogP contribution in [0.5, 0.6) is 0 Å². The lowest BCUT2D eigenvalue weighted by Gasteiger charge is -2.35. The Kier molecular flexibility index (Phi) is 15.0. The highest BCUT2D eigenvalue weighted by Gasteiger charge is 2.39. The molecule has 0 aliphatic carbocycles. The molecule has 0 N–H and O–H groups in total. The van der Waals surface area contributed by atoms with Crippen LogP contribution in [0.15, 0.2) is 18.0 Å². The minimum Gasteiger partial charge on any atom is -0.439 e. The average molecular weight is 514 g/mol. The lowest BCUT2D eigenvalue weighted by Crippen LogP contribution is -2.51. The molecule has 0 spiro atoms. The molecule has 0 saturated carbocycles. The van der Waals surface area contributed by atoms with Crippen LogP contribution in [-0.2, 0) is 16.5 Å². The number of rotatable bonds is 10. The van der Waals surface area contributed by atoms with Gasteiger partial charge in [-0.2, -0.15) is 0 Å². The van der Waals surface area contributed by atoms with Gasteiger partial charge >= 0.3 is 8.56 Å². The van der Waals surface area contributed by atoms with Gasteiger partial charge in [0.15, 0.2) is 37.2 Å². The van der Waals surface area contributed by atoms with E-state index >= 15 is 0 Å². The Hall–Kier alpha value is 0.748. The second kappa shape index (κ2) is 12.6. The maximum atomic E-state index is 6.11. The summed E-state index contributed by atoms with van der Waals surface area (Å²) in [5.74, 6) is 0. The molecule has 0 atom stereocenters. The van der Waals surface area contributed by atoms with Crippen molar-refractivity contribution < 1.29 is 16.5 Å². The first-order chi connectivity index (χ1) is 11.6. The van der Waals surface area contributed by atoms with Crippen molar-refractivity contribution in [1.82, 2.24) is 0 Å². The van der Waals surface area contributed by atoms with E-state index in [1.54, 1.807) is 5.70 Å². The Morgan fingerprint density at radius 2 is 1.04 bits per heavy atom. The van der Waals surface area contributed by atoms with E-state index in [1.165, 1.54) is 0 Å². The molecule has 0 heterocycles. The summed E-state index contributed by atoms with van der Waals surface area (Å²) in [5.41, 5.74) is 3.64. The first-order valence-corrected chi connectivity index (χ1v) is 27.3. The summed E-state index contributed by atoms with van der Waals surface area (Å²) in [7, 11) is -9.73. The third-order valence-electron chi connectivity index (χ3n) is 2.95. The number of hydrogen-bond donors (Lipinski definition) is 0. The van der Waals surface area contributed by atoms with Crippen molar-refractivity contribution in [2.24, 2.45) is 0 Å². The largest absolute Gasteiger partial charge is 0.439 e. The topological polar surface area (TPSA) is 36.9 Å². The van der Waals surface area contributed by atoms with Crippen molar-refractivity contribution in [3.8, 4) is 0 Å². The molecule has 0 rings (SSSR count). The van der Waals surface area contributed by atoms with Crippen LogP contribution in [0.25, 0.3) is 0 Å². The highest BCUT2D eigenvalue weighted by atomic mass is 28.5. The van der Waals surface area contributed by atoms with E-state index in [4.69, 9.17) is 23.0 Å². The van der Waals surface area contributed by atoms with Crippen LogP contribution in [0.1, 0.15) is 0 Å². The molecule has 0 amide bonds. The molecule has 0 unspecified atom stereocenters. The Morgan fingerprint density at radius 3 is 1.29 bits per heavy atom. The van der Waals surface area contributed by atoms with Crippen molar-refractivity contribution in [3.05, 3.63) is 24.6 Å². The molecule has 0 aromatic heterocycles. The molecule has 4 nitrogen and oxygen atoms in total. The highest BCUT2D eigenvalue weighted by molar-refractivity contribution is 6.90. The van der Waals surface area contributed by atoms with Crippen molar-refractivity contribution in [2.75, 3.05) is 0 Å². The quantitative estimate of drug-likeness (QED) is 0.319. The Labute approximate surface area is 187 Å². The van der Waals surface area contributed by atoms with Crippen molar-refractivity contribution >= 4 is 62.1 Å². The Morgan fingerprint density at radius 1 is 0.714 bits per heavy atom. The van der Waals surface area contributed by atoms with Gasteiger partial charge in [-0.15, -0.1) is 6.58 Å². The number of hydrogen-bond acceptors (Lipinski definition) is 4. The molecular weight excluding hydrogens is 465 g/mol. The van der Waals surface area contributed by atoms with Crippen LogP contribution in [0.4, 0.5) is 0 Å². The lowest BCUT2D eigenvalue weighted by atomic mass is 11.3. The minimum atomic E-state index is -2.08. The van der Waals surface area contributed by atoms with Gasteiger partial charge in [-0.25, -0.2) is 0 Å². The highest BCUT2D eigenvalue weighted by Crippen LogP contribution is 2.21. The van der Waals surface area contributed by atoms with Crippen LogP contribution in [0.3, 0.4) is 0 Å². The summed E-state index contributed by atoms with van der Waals surface area (Å²) >= 11 is 0. The summed E-state index contributed by atoms with van der Waals surface area (Å²) in [6, 6.07) is 0. The van der Waals surface area contributed by atoms with Crippen LogP contribution >= 0.6 is 0 Å². The normalized spacial score (nSPS) is 13.3. The summed E-state index contributed by atoms with van der Waals surface area (Å²) in [6.45, 7) is 37.4. The van der Waals surface area contributed by atoms with Crippen LogP contribution in [0.2, 0.25) is 85.1 Å². The molecule has 28 heavy (non-hydrogen) atoms. The van der Waals surface area contributed by atoms with Gasteiger partial charge in [-0.05, 0) is 96.1 Å². The van der Waals surface area contributed by atoms with E-state index in [2.05, 4.69) is 91.7 Å². The van der Waals surface area contributed by atoms with Gasteiger partial charge in [0.05, 0.1) is 0 Å². The van der Waals surface area contributed by atoms with Crippen LogP contribution in [-0.4, -0.2) is 62.1 Å². The molecule has 0 radical (unpaired) electrons. The lowest BCUT2D eigenvalue weighted by molar-refractivity contribution is 0.400. The predicted molar refractivity (Wildman–Crippen MR) is 147 cm³/mol. The summed E-state index contributed by atoms with van der Waals surface area (Å²) in [4.78, 5) is 0. The molecule has 168 valence electrons. The molecule has 0 aliphatic heterocycles. The third-order valence-corrected chi connectivity index (χ3v) is 21.2. The van der Waals surface area contributed by atoms with E-state index in [9.17, 15) is 0 Å². The Bertz CT molecular complexity index is 429.